The molecule has 0 radical (unpaired) electrons. The van der Waals surface area contributed by atoms with E-state index in [1.165, 1.54) is 5.56 Å². The van der Waals surface area contributed by atoms with E-state index < -0.39 is 0 Å². The lowest BCUT2D eigenvalue weighted by Gasteiger charge is -2.32. The van der Waals surface area contributed by atoms with Crippen molar-refractivity contribution in [3.63, 3.8) is 0 Å². The number of benzene rings is 2. The molecule has 0 saturated carbocycles. The van der Waals surface area contributed by atoms with Crippen molar-refractivity contribution in [3.05, 3.63) is 47.0 Å². The molecule has 1 N–H and O–H groups in total. The second kappa shape index (κ2) is 9.58. The monoisotopic (exact) mass is 429 g/mol. The molecule has 0 spiro atoms. The molecular formula is C23H28ClN3O3. The summed E-state index contributed by atoms with van der Waals surface area (Å²) < 4.78 is 17.1. The largest absolute Gasteiger partial charge is 0.493 e. The van der Waals surface area contributed by atoms with E-state index in [9.17, 15) is 0 Å². The van der Waals surface area contributed by atoms with Crippen LogP contribution in [0, 0.1) is 0 Å². The summed E-state index contributed by atoms with van der Waals surface area (Å²) in [6.07, 6.45) is 3.05. The highest BCUT2D eigenvalue weighted by atomic mass is 35.5. The minimum atomic E-state index is 0.351. The number of oxazole rings is 1. The smallest absolute Gasteiger partial charge is 0.295 e. The number of nitrogens with zero attached hydrogens (tertiary/aromatic N) is 2. The number of nitrogens with one attached hydrogen (secondary N) is 1. The number of rotatable bonds is 8. The topological polar surface area (TPSA) is 59.8 Å². The van der Waals surface area contributed by atoms with Gasteiger partial charge in [0.2, 0.25) is 0 Å². The number of likely N-dealkylation sites (tertiary alicyclic amines) is 1. The van der Waals surface area contributed by atoms with E-state index in [2.05, 4.69) is 34.3 Å². The van der Waals surface area contributed by atoms with Gasteiger partial charge in [-0.2, -0.15) is 4.98 Å². The minimum absolute atomic E-state index is 0.351. The van der Waals surface area contributed by atoms with Crippen LogP contribution in [0.5, 0.6) is 11.5 Å². The fraction of sp³-hybridized carbons (Fsp3) is 0.435. The first kappa shape index (κ1) is 20.8. The fourth-order valence-corrected chi connectivity index (χ4v) is 3.93. The predicted molar refractivity (Wildman–Crippen MR) is 120 cm³/mol. The van der Waals surface area contributed by atoms with E-state index in [-0.39, 0.29) is 0 Å². The van der Waals surface area contributed by atoms with E-state index >= 15 is 0 Å². The third-order valence-corrected chi connectivity index (χ3v) is 5.60. The highest BCUT2D eigenvalue weighted by Crippen LogP contribution is 2.29. The molecule has 2 heterocycles. The van der Waals surface area contributed by atoms with Gasteiger partial charge in [-0.1, -0.05) is 24.6 Å². The number of hydrogen-bond donors (Lipinski definition) is 1. The fourth-order valence-electron chi connectivity index (χ4n) is 3.77. The maximum Gasteiger partial charge on any atom is 0.295 e. The first-order valence-corrected chi connectivity index (χ1v) is 10.9. The van der Waals surface area contributed by atoms with Crippen molar-refractivity contribution in [1.29, 1.82) is 0 Å². The molecule has 160 valence electrons. The number of hydrogen-bond acceptors (Lipinski definition) is 6. The predicted octanol–water partition coefficient (Wildman–Crippen LogP) is 5.36. The number of halogens is 1. The summed E-state index contributed by atoms with van der Waals surface area (Å²) in [6.45, 7) is 5.73. The molecule has 0 aliphatic carbocycles. The summed E-state index contributed by atoms with van der Waals surface area (Å²) in [5.74, 6) is 1.61. The van der Waals surface area contributed by atoms with Crippen LogP contribution in [0.15, 0.2) is 40.8 Å². The number of ether oxygens (including phenoxy) is 2. The van der Waals surface area contributed by atoms with Crippen molar-refractivity contribution in [3.8, 4) is 11.5 Å². The molecule has 3 aromatic rings. The lowest BCUT2D eigenvalue weighted by Crippen LogP contribution is -2.38. The Balaban J connectivity index is 1.32. The average Bonchev–Trinajstić information content (AvgIpc) is 3.15. The maximum atomic E-state index is 6.03. The average molecular weight is 430 g/mol. The number of piperidine rings is 1. The quantitative estimate of drug-likeness (QED) is 0.520. The Morgan fingerprint density at radius 3 is 2.77 bits per heavy atom. The normalized spacial score (nSPS) is 15.4. The number of anilines is 1. The second-order valence-electron chi connectivity index (χ2n) is 7.66. The van der Waals surface area contributed by atoms with Gasteiger partial charge in [0.05, 0.1) is 13.7 Å². The van der Waals surface area contributed by atoms with Crippen molar-refractivity contribution >= 4 is 28.7 Å². The summed E-state index contributed by atoms with van der Waals surface area (Å²) in [4.78, 5) is 6.98. The standard InChI is InChI=1S/C23H28ClN3O3/c1-3-12-29-22-13-16(4-7-20(22)28-2)15-27-10-8-18(9-11-27)25-23-26-19-6-5-17(24)14-21(19)30-23/h4-7,13-14,18H,3,8-12,15H2,1-2H3,(H,25,26). The Morgan fingerprint density at radius 1 is 1.17 bits per heavy atom. The van der Waals surface area contributed by atoms with Crippen LogP contribution in [0.4, 0.5) is 6.01 Å². The molecule has 0 bridgehead atoms. The van der Waals surface area contributed by atoms with Crippen LogP contribution >= 0.6 is 11.6 Å². The summed E-state index contributed by atoms with van der Waals surface area (Å²) in [7, 11) is 1.68. The molecule has 4 rings (SSSR count). The van der Waals surface area contributed by atoms with Crippen molar-refractivity contribution < 1.29 is 13.9 Å². The van der Waals surface area contributed by atoms with E-state index in [0.29, 0.717) is 29.3 Å². The number of methoxy groups -OCH3 is 1. The lowest BCUT2D eigenvalue weighted by molar-refractivity contribution is 0.209. The summed E-state index contributed by atoms with van der Waals surface area (Å²) >= 11 is 6.03. The maximum absolute atomic E-state index is 6.03. The molecule has 0 amide bonds. The van der Waals surface area contributed by atoms with E-state index in [0.717, 1.165) is 55.9 Å². The Hall–Kier alpha value is -2.44. The zero-order valence-corrected chi connectivity index (χ0v) is 18.2. The summed E-state index contributed by atoms with van der Waals surface area (Å²) in [5.41, 5.74) is 2.77. The second-order valence-corrected chi connectivity index (χ2v) is 8.10. The summed E-state index contributed by atoms with van der Waals surface area (Å²) in [5, 5.41) is 4.09. The van der Waals surface area contributed by atoms with Crippen LogP contribution in [-0.4, -0.2) is 42.7 Å². The first-order valence-electron chi connectivity index (χ1n) is 10.5. The third kappa shape index (κ3) is 4.99. The van der Waals surface area contributed by atoms with Crippen LogP contribution < -0.4 is 14.8 Å². The molecule has 1 aliphatic rings. The molecule has 7 heteroatoms. The molecule has 6 nitrogen and oxygen atoms in total. The molecule has 2 aromatic carbocycles. The third-order valence-electron chi connectivity index (χ3n) is 5.36. The zero-order valence-electron chi connectivity index (χ0n) is 17.5. The van der Waals surface area contributed by atoms with Gasteiger partial charge in [-0.25, -0.2) is 0 Å². The van der Waals surface area contributed by atoms with E-state index in [4.69, 9.17) is 25.5 Å². The van der Waals surface area contributed by atoms with Gasteiger partial charge < -0.3 is 19.2 Å². The molecule has 1 fully saturated rings. The van der Waals surface area contributed by atoms with Crippen molar-refractivity contribution in [2.45, 2.75) is 38.8 Å². The lowest BCUT2D eigenvalue weighted by atomic mass is 10.0. The van der Waals surface area contributed by atoms with Crippen molar-refractivity contribution in [2.24, 2.45) is 0 Å². The highest BCUT2D eigenvalue weighted by molar-refractivity contribution is 6.31. The Morgan fingerprint density at radius 2 is 2.00 bits per heavy atom. The van der Waals surface area contributed by atoms with Gasteiger partial charge in [0.25, 0.3) is 6.01 Å². The van der Waals surface area contributed by atoms with E-state index in [1.54, 1.807) is 13.2 Å². The molecule has 0 atom stereocenters. The molecule has 0 unspecified atom stereocenters. The SMILES string of the molecule is CCCOc1cc(CN2CCC(Nc3nc4ccc(Cl)cc4o3)CC2)ccc1OC. The molecular weight excluding hydrogens is 402 g/mol. The van der Waals surface area contributed by atoms with Crippen LogP contribution in [0.3, 0.4) is 0 Å². The van der Waals surface area contributed by atoms with Gasteiger partial charge in [-0.3, -0.25) is 4.90 Å². The summed E-state index contributed by atoms with van der Waals surface area (Å²) in [6, 6.07) is 12.6. The van der Waals surface area contributed by atoms with Gasteiger partial charge in [0, 0.05) is 36.8 Å². The van der Waals surface area contributed by atoms with Crippen molar-refractivity contribution in [1.82, 2.24) is 9.88 Å². The molecule has 1 saturated heterocycles. The Bertz CT molecular complexity index is 983. The van der Waals surface area contributed by atoms with Crippen molar-refractivity contribution in [2.75, 3.05) is 32.1 Å². The van der Waals surface area contributed by atoms with Gasteiger partial charge in [-0.05, 0) is 49.1 Å². The van der Waals surface area contributed by atoms with Crippen LogP contribution in [0.1, 0.15) is 31.7 Å². The number of fused-ring (bicyclic) bond motifs is 1. The van der Waals surface area contributed by atoms with E-state index in [1.807, 2.05) is 18.2 Å². The van der Waals surface area contributed by atoms with Crippen LogP contribution in [0.25, 0.3) is 11.1 Å². The van der Waals surface area contributed by atoms with Gasteiger partial charge in [0.1, 0.15) is 5.52 Å². The molecule has 1 aromatic heterocycles. The molecule has 30 heavy (non-hydrogen) atoms. The zero-order chi connectivity index (χ0) is 20.9. The van der Waals surface area contributed by atoms with Crippen LogP contribution in [-0.2, 0) is 6.54 Å². The minimum Gasteiger partial charge on any atom is -0.493 e. The molecule has 1 aliphatic heterocycles. The first-order chi connectivity index (χ1) is 14.6. The number of aromatic nitrogens is 1. The van der Waals surface area contributed by atoms with Gasteiger partial charge in [0.15, 0.2) is 17.1 Å². The van der Waals surface area contributed by atoms with Crippen LogP contribution in [0.2, 0.25) is 5.02 Å². The van der Waals surface area contributed by atoms with Gasteiger partial charge in [-0.15, -0.1) is 0 Å². The highest BCUT2D eigenvalue weighted by Gasteiger charge is 2.21. The Kier molecular flexibility index (Phi) is 6.65. The van der Waals surface area contributed by atoms with Gasteiger partial charge >= 0.3 is 0 Å². The Labute approximate surface area is 182 Å².